The molecule has 0 spiro atoms. The molecule has 5 aliphatic rings. The molecule has 4 fully saturated rings. The number of aryl methyl sites for hydroxylation is 1. The van der Waals surface area contributed by atoms with Gasteiger partial charge in [-0.15, -0.1) is 0 Å². The normalized spacial score (nSPS) is 24.4. The first-order valence-electron chi connectivity index (χ1n) is 19.4. The molecule has 19 heteroatoms. The van der Waals surface area contributed by atoms with E-state index in [1.807, 2.05) is 4.90 Å². The average Bonchev–Trinajstić information content (AvgIpc) is 3.78. The Hall–Kier alpha value is -5.20. The Kier molecular flexibility index (Phi) is 9.98. The Morgan fingerprint density at radius 1 is 1.05 bits per heavy atom. The van der Waals surface area contributed by atoms with Gasteiger partial charge in [-0.3, -0.25) is 14.6 Å². The zero-order valence-electron chi connectivity index (χ0n) is 32.7. The number of aromatic nitrogens is 3. The predicted molar refractivity (Wildman–Crippen MR) is 200 cm³/mol. The molecule has 1 amide bonds. The maximum Gasteiger partial charge on any atom is 0.418 e. The van der Waals surface area contributed by atoms with Crippen molar-refractivity contribution in [3.63, 3.8) is 0 Å². The maximum absolute atomic E-state index is 17.3. The van der Waals surface area contributed by atoms with Crippen molar-refractivity contribution >= 4 is 40.2 Å². The molecule has 0 radical (unpaired) electrons. The van der Waals surface area contributed by atoms with Crippen molar-refractivity contribution < 1.29 is 54.5 Å². The summed E-state index contributed by atoms with van der Waals surface area (Å²) in [6.07, 6.45) is -6.72. The summed E-state index contributed by atoms with van der Waals surface area (Å²) in [4.78, 5) is 44.0. The fraction of sp³-hybridized carbons (Fsp3) is 0.525. The number of alkyl halides is 3. The number of nitrogen functional groups attached to an aromatic ring is 1. The van der Waals surface area contributed by atoms with Gasteiger partial charge in [0.1, 0.15) is 29.6 Å². The summed E-state index contributed by atoms with van der Waals surface area (Å²) in [6.45, 7) is 10.4. The SMILES string of the molecule is C=C1C[C@@H]2[C@@H]3CC[C@H](CN2c2nc(OC[C@@]45CCCN4CC(=C(F)F)C5)nc4c(F)c(-c5nc(N)cc(C)c5C(F)(F)F)c(F)c1c24)N3C(=O)OC(C)OC(=O)C(C)C. The predicted octanol–water partition coefficient (Wildman–Crippen LogP) is 7.77. The Balaban J connectivity index is 1.26. The largest absolute Gasteiger partial charge is 0.461 e. The van der Waals surface area contributed by atoms with Gasteiger partial charge in [0.15, 0.2) is 5.82 Å². The second-order valence-corrected chi connectivity index (χ2v) is 16.4. The van der Waals surface area contributed by atoms with Crippen LogP contribution in [0.15, 0.2) is 24.3 Å². The highest BCUT2D eigenvalue weighted by Crippen LogP contribution is 2.51. The van der Waals surface area contributed by atoms with E-state index in [1.165, 1.54) is 11.8 Å². The van der Waals surface area contributed by atoms with Crippen LogP contribution in [0.2, 0.25) is 0 Å². The average molecular weight is 834 g/mol. The molecule has 4 saturated heterocycles. The van der Waals surface area contributed by atoms with Crippen LogP contribution in [0.4, 0.5) is 47.2 Å². The molecule has 8 rings (SSSR count). The van der Waals surface area contributed by atoms with E-state index in [2.05, 4.69) is 16.5 Å². The van der Waals surface area contributed by atoms with Crippen LogP contribution in [-0.2, 0) is 20.4 Å². The molecule has 1 unspecified atom stereocenters. The van der Waals surface area contributed by atoms with Crippen molar-refractivity contribution in [3.8, 4) is 17.3 Å². The topological polar surface area (TPSA) is 136 Å². The number of fused-ring (bicyclic) bond motifs is 6. The first-order chi connectivity index (χ1) is 27.8. The molecule has 1 aromatic carbocycles. The van der Waals surface area contributed by atoms with E-state index in [-0.39, 0.29) is 60.5 Å². The van der Waals surface area contributed by atoms with Gasteiger partial charge in [0.05, 0.1) is 51.8 Å². The van der Waals surface area contributed by atoms with Gasteiger partial charge < -0.3 is 24.8 Å². The number of hydrogen-bond acceptors (Lipinski definition) is 11. The van der Waals surface area contributed by atoms with Crippen LogP contribution >= 0.6 is 0 Å². The number of benzene rings is 1. The fourth-order valence-electron chi connectivity index (χ4n) is 9.68. The van der Waals surface area contributed by atoms with Crippen LogP contribution in [0.3, 0.4) is 0 Å². The molecule has 0 aliphatic carbocycles. The Labute approximate surface area is 334 Å². The third-order valence-electron chi connectivity index (χ3n) is 12.3. The number of anilines is 2. The molecule has 316 valence electrons. The number of ether oxygens (including phenoxy) is 3. The molecule has 59 heavy (non-hydrogen) atoms. The third kappa shape index (κ3) is 6.78. The number of nitrogens with zero attached hydrogens (tertiary/aromatic N) is 6. The molecule has 0 saturated carbocycles. The molecule has 2 bridgehead atoms. The highest BCUT2D eigenvalue weighted by molar-refractivity contribution is 6.04. The van der Waals surface area contributed by atoms with Gasteiger partial charge in [-0.25, -0.2) is 18.6 Å². The molecule has 7 heterocycles. The van der Waals surface area contributed by atoms with E-state index in [1.54, 1.807) is 18.7 Å². The lowest BCUT2D eigenvalue weighted by atomic mass is 9.90. The third-order valence-corrected chi connectivity index (χ3v) is 12.3. The number of piperazine rings is 1. The van der Waals surface area contributed by atoms with E-state index >= 15 is 8.78 Å². The first-order valence-corrected chi connectivity index (χ1v) is 19.4. The number of nitrogens with two attached hydrogens (primary N) is 1. The summed E-state index contributed by atoms with van der Waals surface area (Å²) in [5, 5.41) is -0.173. The van der Waals surface area contributed by atoms with Gasteiger partial charge in [-0.05, 0) is 69.2 Å². The minimum Gasteiger partial charge on any atom is -0.461 e. The van der Waals surface area contributed by atoms with Crippen LogP contribution in [0.25, 0.3) is 27.7 Å². The minimum absolute atomic E-state index is 0.00695. The molecule has 2 aromatic heterocycles. The van der Waals surface area contributed by atoms with E-state index in [0.29, 0.717) is 32.2 Å². The first kappa shape index (κ1) is 40.6. The standard InChI is InChI=1S/C40H42F7N7O5/c1-17(2)36(55)58-20(5)59-38(56)54-22-7-8-23(54)24-11-18(3)26-27-33(31(42)28(30(26)41)32-29(40(45,46)47)19(4)12-25(48)49-32)50-37(51-35(27)53(24)15-22)57-16-39-9-6-10-52(39)14-21(13-39)34(43)44/h12,17,20,22-24H,3,6-11,13-16H2,1-2,4-5H3,(H2,48,49)/t20?,22-,23+,24-,39+/m1/s1. The van der Waals surface area contributed by atoms with Crippen molar-refractivity contribution in [3.05, 3.63) is 52.6 Å². The molecule has 12 nitrogen and oxygen atoms in total. The summed E-state index contributed by atoms with van der Waals surface area (Å²) in [6, 6.07) is -1.27. The van der Waals surface area contributed by atoms with Gasteiger partial charge >= 0.3 is 24.2 Å². The van der Waals surface area contributed by atoms with Gasteiger partial charge in [-0.1, -0.05) is 20.4 Å². The van der Waals surface area contributed by atoms with E-state index in [4.69, 9.17) is 24.9 Å². The highest BCUT2D eigenvalue weighted by Gasteiger charge is 2.53. The number of carbonyl (C=O) groups excluding carboxylic acids is 2. The van der Waals surface area contributed by atoms with E-state index in [9.17, 15) is 31.5 Å². The summed E-state index contributed by atoms with van der Waals surface area (Å²) in [5.41, 5.74) is 0.124. The number of hydrogen-bond donors (Lipinski definition) is 1. The lowest BCUT2D eigenvalue weighted by Gasteiger charge is -2.46. The molecule has 3 aromatic rings. The van der Waals surface area contributed by atoms with Crippen LogP contribution in [0.1, 0.15) is 76.0 Å². The highest BCUT2D eigenvalue weighted by atomic mass is 19.4. The fourth-order valence-corrected chi connectivity index (χ4v) is 9.68. The van der Waals surface area contributed by atoms with Crippen molar-refractivity contribution in [2.24, 2.45) is 5.92 Å². The number of pyridine rings is 1. The Morgan fingerprint density at radius 2 is 1.80 bits per heavy atom. The van der Waals surface area contributed by atoms with Gasteiger partial charge in [0, 0.05) is 31.1 Å². The smallest absolute Gasteiger partial charge is 0.418 e. The maximum atomic E-state index is 17.3. The molecule has 5 aliphatic heterocycles. The Bertz CT molecular complexity index is 2320. The number of rotatable bonds is 7. The molecule has 5 atom stereocenters. The monoisotopic (exact) mass is 833 g/mol. The number of esters is 1. The molecular weight excluding hydrogens is 791 g/mol. The van der Waals surface area contributed by atoms with Crippen molar-refractivity contribution in [1.29, 1.82) is 0 Å². The van der Waals surface area contributed by atoms with E-state index < -0.39 is 112 Å². The zero-order chi connectivity index (χ0) is 42.5. The molecule has 2 N–H and O–H groups in total. The summed E-state index contributed by atoms with van der Waals surface area (Å²) < 4.78 is 123. The van der Waals surface area contributed by atoms with Crippen molar-refractivity contribution in [2.75, 3.05) is 36.9 Å². The number of amides is 1. The minimum atomic E-state index is -5.10. The van der Waals surface area contributed by atoms with Crippen LogP contribution in [-0.4, -0.2) is 93.0 Å². The summed E-state index contributed by atoms with van der Waals surface area (Å²) in [7, 11) is 0. The second kappa shape index (κ2) is 14.5. The summed E-state index contributed by atoms with van der Waals surface area (Å²) in [5.74, 6) is -4.33. The van der Waals surface area contributed by atoms with Crippen LogP contribution < -0.4 is 15.4 Å². The van der Waals surface area contributed by atoms with Gasteiger partial charge in [0.25, 0.3) is 6.08 Å². The quantitative estimate of drug-likeness (QED) is 0.142. The zero-order valence-corrected chi connectivity index (χ0v) is 32.7. The number of carbonyl (C=O) groups is 2. The lowest BCUT2D eigenvalue weighted by Crippen LogP contribution is -2.61. The van der Waals surface area contributed by atoms with Gasteiger partial charge in [-0.2, -0.15) is 31.9 Å². The Morgan fingerprint density at radius 3 is 2.49 bits per heavy atom. The van der Waals surface area contributed by atoms with Crippen molar-refractivity contribution in [1.82, 2.24) is 24.8 Å². The number of halogens is 7. The summed E-state index contributed by atoms with van der Waals surface area (Å²) >= 11 is 0. The second-order valence-electron chi connectivity index (χ2n) is 16.4. The van der Waals surface area contributed by atoms with Gasteiger partial charge in [0.2, 0.25) is 6.29 Å². The van der Waals surface area contributed by atoms with Crippen LogP contribution in [0.5, 0.6) is 6.01 Å². The van der Waals surface area contributed by atoms with Crippen LogP contribution in [0, 0.1) is 24.5 Å². The van der Waals surface area contributed by atoms with E-state index in [0.717, 1.165) is 13.0 Å². The van der Waals surface area contributed by atoms with Crippen molar-refractivity contribution in [2.45, 2.75) is 102 Å². The molecular formula is C40H42F7N7O5. The lowest BCUT2D eigenvalue weighted by molar-refractivity contribution is -0.170.